The lowest BCUT2D eigenvalue weighted by Crippen LogP contribution is -2.61. The van der Waals surface area contributed by atoms with Crippen molar-refractivity contribution in [2.45, 2.75) is 102 Å². The summed E-state index contributed by atoms with van der Waals surface area (Å²) in [5, 5.41) is 0. The molecule has 4 fully saturated rings. The van der Waals surface area contributed by atoms with Crippen LogP contribution in [0.4, 0.5) is 0 Å². The van der Waals surface area contributed by atoms with Crippen molar-refractivity contribution >= 4 is 11.6 Å². The summed E-state index contributed by atoms with van der Waals surface area (Å²) in [4.78, 5) is 22.2. The minimum atomic E-state index is 0.0275. The molecule has 0 spiro atoms. The van der Waals surface area contributed by atoms with E-state index in [-0.39, 0.29) is 22.8 Å². The number of carbonyl (C=O) groups excluding carboxylic acids is 2. The summed E-state index contributed by atoms with van der Waals surface area (Å²) >= 11 is 0. The Bertz CT molecular complexity index is 456. The highest BCUT2D eigenvalue weighted by molar-refractivity contribution is 5.75. The first-order valence-corrected chi connectivity index (χ1v) is 10.7. The third-order valence-corrected chi connectivity index (χ3v) is 6.62. The molecule has 4 saturated carbocycles. The zero-order valence-corrected chi connectivity index (χ0v) is 16.7. The molecular formula is C22H36O4. The number of rotatable bonds is 12. The summed E-state index contributed by atoms with van der Waals surface area (Å²) in [6, 6.07) is 0. The number of carbonyl (C=O) groups is 2. The second kappa shape index (κ2) is 8.52. The number of unbranched alkanes of at least 4 members (excludes halogenated alkanes) is 2. The molecule has 0 unspecified atom stereocenters. The zero-order valence-electron chi connectivity index (χ0n) is 16.7. The van der Waals surface area contributed by atoms with Crippen molar-refractivity contribution in [2.24, 2.45) is 11.8 Å². The Morgan fingerprint density at radius 1 is 0.769 bits per heavy atom. The van der Waals surface area contributed by atoms with Crippen molar-refractivity contribution in [3.63, 3.8) is 0 Å². The van der Waals surface area contributed by atoms with Gasteiger partial charge in [-0.25, -0.2) is 0 Å². The smallest absolute Gasteiger partial charge is 0.129 e. The number of ether oxygens (including phenoxy) is 2. The SMILES string of the molecule is CC(=O)CCCCOC12CC3CC(C1)CC(OCCCCC(C)=O)(C3)C2. The molecule has 0 radical (unpaired) electrons. The highest BCUT2D eigenvalue weighted by atomic mass is 16.5. The first-order valence-electron chi connectivity index (χ1n) is 10.7. The van der Waals surface area contributed by atoms with Crippen LogP contribution >= 0.6 is 0 Å². The second-order valence-corrected chi connectivity index (χ2v) is 9.34. The van der Waals surface area contributed by atoms with Crippen molar-refractivity contribution in [1.82, 2.24) is 0 Å². The highest BCUT2D eigenvalue weighted by Gasteiger charge is 2.59. The van der Waals surface area contributed by atoms with Crippen LogP contribution in [0.15, 0.2) is 0 Å². The normalized spacial score (nSPS) is 35.0. The van der Waals surface area contributed by atoms with E-state index in [2.05, 4.69) is 0 Å². The quantitative estimate of drug-likeness (QED) is 0.474. The maximum absolute atomic E-state index is 11.1. The highest BCUT2D eigenvalue weighted by Crippen LogP contribution is 2.60. The summed E-state index contributed by atoms with van der Waals surface area (Å²) in [6.45, 7) is 4.89. The molecule has 4 rings (SSSR count). The Labute approximate surface area is 158 Å². The third kappa shape index (κ3) is 5.16. The van der Waals surface area contributed by atoms with Gasteiger partial charge in [0.25, 0.3) is 0 Å². The van der Waals surface area contributed by atoms with E-state index in [0.29, 0.717) is 12.8 Å². The van der Waals surface area contributed by atoms with Crippen LogP contribution in [0.1, 0.15) is 90.9 Å². The van der Waals surface area contributed by atoms with Crippen molar-refractivity contribution < 1.29 is 19.1 Å². The van der Waals surface area contributed by atoms with Crippen molar-refractivity contribution in [3.8, 4) is 0 Å². The molecule has 4 aliphatic rings. The molecule has 148 valence electrons. The van der Waals surface area contributed by atoms with E-state index in [1.165, 1.54) is 32.1 Å². The van der Waals surface area contributed by atoms with Crippen LogP contribution in [0, 0.1) is 11.8 Å². The molecule has 4 aliphatic carbocycles. The lowest BCUT2D eigenvalue weighted by Gasteiger charge is -2.61. The Hall–Kier alpha value is -0.740. The van der Waals surface area contributed by atoms with Gasteiger partial charge in [-0.2, -0.15) is 0 Å². The van der Waals surface area contributed by atoms with Gasteiger partial charge in [-0.1, -0.05) is 0 Å². The van der Waals surface area contributed by atoms with Gasteiger partial charge in [0.1, 0.15) is 11.6 Å². The molecule has 0 atom stereocenters. The predicted octanol–water partition coefficient (Wildman–Crippen LogP) is 4.63. The molecule has 4 nitrogen and oxygen atoms in total. The van der Waals surface area contributed by atoms with Crippen LogP contribution in [-0.2, 0) is 19.1 Å². The summed E-state index contributed by atoms with van der Waals surface area (Å²) < 4.78 is 12.9. The van der Waals surface area contributed by atoms with Crippen LogP contribution in [0.5, 0.6) is 0 Å². The van der Waals surface area contributed by atoms with Gasteiger partial charge in [-0.3, -0.25) is 0 Å². The summed E-state index contributed by atoms with van der Waals surface area (Å²) in [7, 11) is 0. The van der Waals surface area contributed by atoms with Crippen LogP contribution < -0.4 is 0 Å². The van der Waals surface area contributed by atoms with Crippen LogP contribution in [0.2, 0.25) is 0 Å². The fourth-order valence-corrected chi connectivity index (χ4v) is 5.96. The van der Waals surface area contributed by atoms with Crippen molar-refractivity contribution in [1.29, 1.82) is 0 Å². The Balaban J connectivity index is 1.48. The molecule has 0 aromatic heterocycles. The molecule has 0 aromatic carbocycles. The second-order valence-electron chi connectivity index (χ2n) is 9.34. The average molecular weight is 365 g/mol. The van der Waals surface area contributed by atoms with E-state index in [1.54, 1.807) is 13.8 Å². The predicted molar refractivity (Wildman–Crippen MR) is 101 cm³/mol. The summed E-state index contributed by atoms with van der Waals surface area (Å²) in [5.41, 5.74) is 0.0549. The number of Topliss-reactive ketones (excluding diaryl/α,β-unsaturated/α-hetero) is 2. The zero-order chi connectivity index (χ0) is 18.6. The molecular weight excluding hydrogens is 328 g/mol. The van der Waals surface area contributed by atoms with Gasteiger partial charge < -0.3 is 19.1 Å². The van der Waals surface area contributed by atoms with Crippen molar-refractivity contribution in [3.05, 3.63) is 0 Å². The van der Waals surface area contributed by atoms with Crippen molar-refractivity contribution in [2.75, 3.05) is 13.2 Å². The molecule has 4 heteroatoms. The third-order valence-electron chi connectivity index (χ3n) is 6.62. The monoisotopic (exact) mass is 364 g/mol. The van der Waals surface area contributed by atoms with Gasteiger partial charge in [0.2, 0.25) is 0 Å². The topological polar surface area (TPSA) is 52.6 Å². The molecule has 0 saturated heterocycles. The Morgan fingerprint density at radius 3 is 1.58 bits per heavy atom. The standard InChI is InChI=1S/C22H36O4/c1-17(23)7-3-5-9-25-21-12-19-11-20(13-21)15-22(14-19,16-21)26-10-6-4-8-18(2)24/h19-20H,3-16H2,1-2H3. The molecule has 26 heavy (non-hydrogen) atoms. The summed E-state index contributed by atoms with van der Waals surface area (Å²) in [6.07, 6.45) is 12.4. The first-order chi connectivity index (χ1) is 12.4. The Morgan fingerprint density at radius 2 is 1.19 bits per heavy atom. The van der Waals surface area contributed by atoms with Gasteiger partial charge in [-0.15, -0.1) is 0 Å². The van der Waals surface area contributed by atoms with Crippen LogP contribution in [0.3, 0.4) is 0 Å². The maximum Gasteiger partial charge on any atom is 0.129 e. The lowest BCUT2D eigenvalue weighted by molar-refractivity contribution is -0.237. The van der Waals surface area contributed by atoms with Gasteiger partial charge in [0, 0.05) is 32.5 Å². The van der Waals surface area contributed by atoms with Gasteiger partial charge in [0.05, 0.1) is 11.2 Å². The molecule has 0 amide bonds. The van der Waals surface area contributed by atoms with Crippen LogP contribution in [0.25, 0.3) is 0 Å². The fourth-order valence-electron chi connectivity index (χ4n) is 5.96. The number of hydrogen-bond acceptors (Lipinski definition) is 4. The summed E-state index contributed by atoms with van der Waals surface area (Å²) in [5.74, 6) is 2.06. The van der Waals surface area contributed by atoms with E-state index < -0.39 is 0 Å². The maximum atomic E-state index is 11.1. The number of hydrogen-bond donors (Lipinski definition) is 0. The average Bonchev–Trinajstić information content (AvgIpc) is 2.52. The molecule has 0 aromatic rings. The van der Waals surface area contributed by atoms with E-state index in [0.717, 1.165) is 57.2 Å². The molecule has 0 aliphatic heterocycles. The van der Waals surface area contributed by atoms with Gasteiger partial charge in [-0.05, 0) is 83.5 Å². The lowest BCUT2D eigenvalue weighted by atomic mass is 9.52. The van der Waals surface area contributed by atoms with E-state index >= 15 is 0 Å². The first kappa shape index (κ1) is 20.0. The fraction of sp³-hybridized carbons (Fsp3) is 0.909. The van der Waals surface area contributed by atoms with E-state index in [1.807, 2.05) is 0 Å². The molecule has 0 heterocycles. The molecule has 0 N–H and O–H groups in total. The minimum Gasteiger partial charge on any atom is -0.375 e. The number of ketones is 2. The Kier molecular flexibility index (Phi) is 6.55. The van der Waals surface area contributed by atoms with E-state index in [9.17, 15) is 9.59 Å². The van der Waals surface area contributed by atoms with E-state index in [4.69, 9.17) is 9.47 Å². The van der Waals surface area contributed by atoms with Gasteiger partial charge in [0.15, 0.2) is 0 Å². The largest absolute Gasteiger partial charge is 0.375 e. The van der Waals surface area contributed by atoms with Crippen LogP contribution in [-0.4, -0.2) is 36.0 Å². The van der Waals surface area contributed by atoms with Gasteiger partial charge >= 0.3 is 0 Å². The molecule has 4 bridgehead atoms. The minimum absolute atomic E-state index is 0.0275.